The molecule has 1 aliphatic rings. The molecule has 1 aromatic heterocycles. The van der Waals surface area contributed by atoms with Crippen molar-refractivity contribution in [3.8, 4) is 11.5 Å². The lowest BCUT2D eigenvalue weighted by atomic mass is 10.1. The van der Waals surface area contributed by atoms with Crippen molar-refractivity contribution >= 4 is 5.91 Å². The number of amides is 1. The Labute approximate surface area is 141 Å². The first-order valence-electron chi connectivity index (χ1n) is 8.30. The number of nitrogens with zero attached hydrogens (tertiary/aromatic N) is 2. The van der Waals surface area contributed by atoms with Crippen molar-refractivity contribution in [1.82, 2.24) is 14.9 Å². The number of hydrogen-bond acceptors (Lipinski definition) is 4. The molecule has 0 fully saturated rings. The number of rotatable bonds is 6. The molecule has 3 rings (SSSR count). The lowest BCUT2D eigenvalue weighted by Gasteiger charge is -2.21. The molecule has 2 heterocycles. The van der Waals surface area contributed by atoms with Crippen LogP contribution in [-0.2, 0) is 11.3 Å². The van der Waals surface area contributed by atoms with Crippen molar-refractivity contribution in [2.45, 2.75) is 39.3 Å². The Kier molecular flexibility index (Phi) is 5.03. The highest BCUT2D eigenvalue weighted by atomic mass is 16.6. The molecule has 0 bridgehead atoms. The summed E-state index contributed by atoms with van der Waals surface area (Å²) in [6.45, 7) is 5.88. The van der Waals surface area contributed by atoms with Crippen molar-refractivity contribution in [3.05, 3.63) is 42.0 Å². The normalized spacial score (nSPS) is 14.2. The van der Waals surface area contributed by atoms with E-state index in [2.05, 4.69) is 14.9 Å². The zero-order valence-electron chi connectivity index (χ0n) is 14.1. The monoisotopic (exact) mass is 329 g/mol. The highest BCUT2D eigenvalue weighted by molar-refractivity contribution is 5.76. The third kappa shape index (κ3) is 3.88. The van der Waals surface area contributed by atoms with Crippen LogP contribution >= 0.6 is 0 Å². The molecule has 24 heavy (non-hydrogen) atoms. The number of hydrogen-bond donors (Lipinski definition) is 1. The fraction of sp³-hybridized carbons (Fsp3) is 0.444. The fourth-order valence-corrected chi connectivity index (χ4v) is 2.78. The van der Waals surface area contributed by atoms with Crippen molar-refractivity contribution in [3.63, 3.8) is 0 Å². The Hall–Kier alpha value is -2.50. The highest BCUT2D eigenvalue weighted by Gasteiger charge is 2.15. The molecule has 0 radical (unpaired) electrons. The topological polar surface area (TPSA) is 65.4 Å². The van der Waals surface area contributed by atoms with Crippen LogP contribution in [-0.4, -0.2) is 28.7 Å². The Morgan fingerprint density at radius 3 is 2.88 bits per heavy atom. The van der Waals surface area contributed by atoms with Gasteiger partial charge in [-0.3, -0.25) is 4.79 Å². The number of aromatic nitrogens is 2. The molecule has 2 aromatic rings. The van der Waals surface area contributed by atoms with Crippen LogP contribution in [0, 0.1) is 6.92 Å². The van der Waals surface area contributed by atoms with Crippen molar-refractivity contribution in [1.29, 1.82) is 0 Å². The second kappa shape index (κ2) is 7.38. The van der Waals surface area contributed by atoms with Gasteiger partial charge in [-0.2, -0.15) is 0 Å². The molecule has 6 heteroatoms. The van der Waals surface area contributed by atoms with Crippen LogP contribution in [0.1, 0.15) is 37.2 Å². The van der Waals surface area contributed by atoms with Gasteiger partial charge in [-0.1, -0.05) is 6.07 Å². The van der Waals surface area contributed by atoms with Crippen LogP contribution < -0.4 is 14.8 Å². The summed E-state index contributed by atoms with van der Waals surface area (Å²) in [4.78, 5) is 16.3. The zero-order chi connectivity index (χ0) is 16.9. The summed E-state index contributed by atoms with van der Waals surface area (Å²) >= 11 is 0. The Balaban J connectivity index is 1.49. The Morgan fingerprint density at radius 2 is 2.12 bits per heavy atom. The van der Waals surface area contributed by atoms with Crippen molar-refractivity contribution in [2.24, 2.45) is 0 Å². The minimum Gasteiger partial charge on any atom is -0.486 e. The second-order valence-electron chi connectivity index (χ2n) is 5.96. The number of ether oxygens (including phenoxy) is 2. The molecule has 1 N–H and O–H groups in total. The lowest BCUT2D eigenvalue weighted by Crippen LogP contribution is -2.26. The van der Waals surface area contributed by atoms with E-state index in [1.54, 1.807) is 6.20 Å². The summed E-state index contributed by atoms with van der Waals surface area (Å²) in [6.07, 6.45) is 4.99. The first-order chi connectivity index (χ1) is 11.6. The number of imidazole rings is 1. The van der Waals surface area contributed by atoms with Crippen molar-refractivity contribution < 1.29 is 14.3 Å². The molecule has 1 aromatic carbocycles. The van der Waals surface area contributed by atoms with E-state index in [-0.39, 0.29) is 11.9 Å². The molecule has 0 saturated heterocycles. The van der Waals surface area contributed by atoms with Crippen LogP contribution in [0.25, 0.3) is 0 Å². The smallest absolute Gasteiger partial charge is 0.220 e. The van der Waals surface area contributed by atoms with Gasteiger partial charge in [-0.15, -0.1) is 0 Å². The maximum atomic E-state index is 12.1. The number of benzene rings is 1. The Morgan fingerprint density at radius 1 is 1.33 bits per heavy atom. The van der Waals surface area contributed by atoms with Gasteiger partial charge >= 0.3 is 0 Å². The highest BCUT2D eigenvalue weighted by Crippen LogP contribution is 2.32. The molecule has 1 unspecified atom stereocenters. The van der Waals surface area contributed by atoms with E-state index in [9.17, 15) is 4.79 Å². The largest absolute Gasteiger partial charge is 0.486 e. The van der Waals surface area contributed by atoms with Gasteiger partial charge in [0, 0.05) is 25.4 Å². The number of aryl methyl sites for hydroxylation is 2. The SMILES string of the molecule is Cc1nccn1CCCC(=O)NC(C)c1ccc2c(c1)OCCO2. The van der Waals surface area contributed by atoms with E-state index >= 15 is 0 Å². The van der Waals surface area contributed by atoms with Gasteiger partial charge in [-0.25, -0.2) is 4.98 Å². The average molecular weight is 329 g/mol. The van der Waals surface area contributed by atoms with Crippen LogP contribution in [0.3, 0.4) is 0 Å². The standard InChI is InChI=1S/C18H23N3O3/c1-13(15-5-6-16-17(12-15)24-11-10-23-16)20-18(22)4-3-8-21-9-7-19-14(21)2/h5-7,9,12-13H,3-4,8,10-11H2,1-2H3,(H,20,22). The summed E-state index contributed by atoms with van der Waals surface area (Å²) in [5.41, 5.74) is 1.01. The molecule has 128 valence electrons. The predicted octanol–water partition coefficient (Wildman–Crippen LogP) is 2.62. The van der Waals surface area contributed by atoms with Gasteiger partial charge in [0.2, 0.25) is 5.91 Å². The first kappa shape index (κ1) is 16.4. The number of carbonyl (C=O) groups is 1. The molecule has 6 nitrogen and oxygen atoms in total. The molecule has 0 aliphatic carbocycles. The lowest BCUT2D eigenvalue weighted by molar-refractivity contribution is -0.121. The van der Waals surface area contributed by atoms with Gasteiger partial charge in [0.05, 0.1) is 6.04 Å². The average Bonchev–Trinajstić information content (AvgIpc) is 2.99. The van der Waals surface area contributed by atoms with E-state index in [4.69, 9.17) is 9.47 Å². The maximum Gasteiger partial charge on any atom is 0.220 e. The minimum atomic E-state index is -0.0664. The van der Waals surface area contributed by atoms with Gasteiger partial charge in [-0.05, 0) is 38.0 Å². The van der Waals surface area contributed by atoms with E-state index in [0.29, 0.717) is 19.6 Å². The van der Waals surface area contributed by atoms with Crippen LogP contribution in [0.2, 0.25) is 0 Å². The van der Waals surface area contributed by atoms with Crippen molar-refractivity contribution in [2.75, 3.05) is 13.2 Å². The maximum absolute atomic E-state index is 12.1. The molecule has 1 amide bonds. The molecule has 1 atom stereocenters. The number of nitrogens with one attached hydrogen (secondary N) is 1. The van der Waals surface area contributed by atoms with E-state index in [1.165, 1.54) is 0 Å². The van der Waals surface area contributed by atoms with Gasteiger partial charge in [0.15, 0.2) is 11.5 Å². The summed E-state index contributed by atoms with van der Waals surface area (Å²) in [7, 11) is 0. The summed E-state index contributed by atoms with van der Waals surface area (Å²) < 4.78 is 13.2. The number of carbonyl (C=O) groups excluding carboxylic acids is 1. The van der Waals surface area contributed by atoms with E-state index in [0.717, 1.165) is 35.9 Å². The molecule has 1 aliphatic heterocycles. The van der Waals surface area contributed by atoms with E-state index in [1.807, 2.05) is 38.2 Å². The summed E-state index contributed by atoms with van der Waals surface area (Å²) in [5, 5.41) is 3.04. The van der Waals surface area contributed by atoms with Gasteiger partial charge < -0.3 is 19.4 Å². The summed E-state index contributed by atoms with van der Waals surface area (Å²) in [5.74, 6) is 2.53. The van der Waals surface area contributed by atoms with E-state index < -0.39 is 0 Å². The molecular formula is C18H23N3O3. The quantitative estimate of drug-likeness (QED) is 0.885. The van der Waals surface area contributed by atoms with Gasteiger partial charge in [0.1, 0.15) is 19.0 Å². The summed E-state index contributed by atoms with van der Waals surface area (Å²) in [6, 6.07) is 5.74. The zero-order valence-corrected chi connectivity index (χ0v) is 14.1. The number of fused-ring (bicyclic) bond motifs is 1. The van der Waals surface area contributed by atoms with Gasteiger partial charge in [0.25, 0.3) is 0 Å². The minimum absolute atomic E-state index is 0.0511. The second-order valence-corrected chi connectivity index (χ2v) is 5.96. The Bertz CT molecular complexity index is 711. The van der Waals surface area contributed by atoms with Crippen LogP contribution in [0.15, 0.2) is 30.6 Å². The predicted molar refractivity (Wildman–Crippen MR) is 90.2 cm³/mol. The third-order valence-corrected chi connectivity index (χ3v) is 4.17. The van der Waals surface area contributed by atoms with Crippen LogP contribution in [0.5, 0.6) is 11.5 Å². The molecule has 0 spiro atoms. The fourth-order valence-electron chi connectivity index (χ4n) is 2.78. The third-order valence-electron chi connectivity index (χ3n) is 4.17. The van der Waals surface area contributed by atoms with Crippen LogP contribution in [0.4, 0.5) is 0 Å². The molecule has 0 saturated carbocycles. The molecular weight excluding hydrogens is 306 g/mol. The first-order valence-corrected chi connectivity index (χ1v) is 8.30.